The van der Waals surface area contributed by atoms with Gasteiger partial charge in [-0.15, -0.1) is 0 Å². The normalized spacial score (nSPS) is 13.2. The Morgan fingerprint density at radius 2 is 1.82 bits per heavy atom. The molecule has 2 nitrogen and oxygen atoms in total. The summed E-state index contributed by atoms with van der Waals surface area (Å²) in [4.78, 5) is 11.6. The van der Waals surface area contributed by atoms with Crippen LogP contribution in [-0.4, -0.2) is 11.9 Å². The molecule has 94 valence electrons. The summed E-state index contributed by atoms with van der Waals surface area (Å²) in [6, 6.07) is 4.18. The molecule has 0 unspecified atom stereocenters. The van der Waals surface area contributed by atoms with Crippen molar-refractivity contribution in [2.45, 2.75) is 32.5 Å². The van der Waals surface area contributed by atoms with Crippen LogP contribution in [0.4, 0.5) is 13.2 Å². The Morgan fingerprint density at radius 3 is 2.24 bits per heavy atom. The Kier molecular flexibility index (Phi) is 4.15. The van der Waals surface area contributed by atoms with Gasteiger partial charge >= 0.3 is 6.18 Å². The molecule has 1 N–H and O–H groups in total. The fourth-order valence-corrected chi connectivity index (χ4v) is 1.22. The van der Waals surface area contributed by atoms with Crippen LogP contribution in [0.5, 0.6) is 0 Å². The van der Waals surface area contributed by atoms with Crippen molar-refractivity contribution in [2.24, 2.45) is 0 Å². The van der Waals surface area contributed by atoms with E-state index in [2.05, 4.69) is 5.32 Å². The maximum Gasteiger partial charge on any atom is 0.416 e. The number of halogens is 3. The van der Waals surface area contributed by atoms with Gasteiger partial charge in [-0.2, -0.15) is 13.2 Å². The third kappa shape index (κ3) is 3.76. The van der Waals surface area contributed by atoms with E-state index in [0.29, 0.717) is 0 Å². The zero-order chi connectivity index (χ0) is 13.1. The summed E-state index contributed by atoms with van der Waals surface area (Å²) < 4.78 is 36.9. The molecule has 0 radical (unpaired) electrons. The fraction of sp³-hybridized carbons (Fsp3) is 0.417. The first-order chi connectivity index (χ1) is 7.84. The number of carbonyl (C=O) groups is 1. The highest BCUT2D eigenvalue weighted by molar-refractivity contribution is 5.94. The van der Waals surface area contributed by atoms with Crippen LogP contribution >= 0.6 is 0 Å². The van der Waals surface area contributed by atoms with Crippen molar-refractivity contribution in [3.05, 3.63) is 35.4 Å². The molecule has 1 rings (SSSR count). The molecular weight excluding hydrogens is 231 g/mol. The molecule has 0 aliphatic rings. The largest absolute Gasteiger partial charge is 0.416 e. The molecule has 0 bridgehead atoms. The quantitative estimate of drug-likeness (QED) is 0.870. The van der Waals surface area contributed by atoms with Crippen LogP contribution in [0, 0.1) is 0 Å². The predicted octanol–water partition coefficient (Wildman–Crippen LogP) is 3.23. The lowest BCUT2D eigenvalue weighted by Gasteiger charge is -2.12. The summed E-state index contributed by atoms with van der Waals surface area (Å²) in [7, 11) is 0. The summed E-state index contributed by atoms with van der Waals surface area (Å²) in [5.41, 5.74) is -0.518. The Morgan fingerprint density at radius 1 is 1.29 bits per heavy atom. The minimum absolute atomic E-state index is 0.00444. The van der Waals surface area contributed by atoms with Gasteiger partial charge in [-0.3, -0.25) is 4.79 Å². The Balaban J connectivity index is 2.78. The molecule has 5 heteroatoms. The Labute approximate surface area is 97.8 Å². The van der Waals surface area contributed by atoms with E-state index in [0.717, 1.165) is 18.6 Å². The molecule has 1 aromatic rings. The van der Waals surface area contributed by atoms with Crippen molar-refractivity contribution in [1.82, 2.24) is 5.32 Å². The van der Waals surface area contributed by atoms with E-state index in [9.17, 15) is 18.0 Å². The van der Waals surface area contributed by atoms with Crippen LogP contribution in [0.25, 0.3) is 0 Å². The number of alkyl halides is 3. The number of carbonyl (C=O) groups excluding carboxylic acids is 1. The molecule has 0 saturated carbocycles. The van der Waals surface area contributed by atoms with E-state index in [-0.39, 0.29) is 17.5 Å². The number of hydrogen-bond acceptors (Lipinski definition) is 1. The first kappa shape index (κ1) is 13.5. The second-order valence-electron chi connectivity index (χ2n) is 3.86. The van der Waals surface area contributed by atoms with Gasteiger partial charge in [0.15, 0.2) is 0 Å². The number of amides is 1. The minimum Gasteiger partial charge on any atom is -0.350 e. The standard InChI is InChI=1S/C12H14F3NO/c1-3-8(2)16-11(17)9-4-6-10(7-5-9)12(13,14)15/h4-8H,3H2,1-2H3,(H,16,17)/t8-/m0/s1. The topological polar surface area (TPSA) is 29.1 Å². The number of hydrogen-bond donors (Lipinski definition) is 1. The third-order valence-electron chi connectivity index (χ3n) is 2.46. The lowest BCUT2D eigenvalue weighted by molar-refractivity contribution is -0.137. The highest BCUT2D eigenvalue weighted by Gasteiger charge is 2.30. The van der Waals surface area contributed by atoms with E-state index >= 15 is 0 Å². The lowest BCUT2D eigenvalue weighted by atomic mass is 10.1. The fourth-order valence-electron chi connectivity index (χ4n) is 1.22. The van der Waals surface area contributed by atoms with Gasteiger partial charge in [-0.1, -0.05) is 6.92 Å². The smallest absolute Gasteiger partial charge is 0.350 e. The SMILES string of the molecule is CC[C@H](C)NC(=O)c1ccc(C(F)(F)F)cc1. The first-order valence-corrected chi connectivity index (χ1v) is 5.32. The maximum atomic E-state index is 12.3. The molecule has 17 heavy (non-hydrogen) atoms. The van der Waals surface area contributed by atoms with Gasteiger partial charge in [0.1, 0.15) is 0 Å². The van der Waals surface area contributed by atoms with Crippen molar-refractivity contribution >= 4 is 5.91 Å². The molecule has 0 aromatic heterocycles. The molecule has 1 aromatic carbocycles. The van der Waals surface area contributed by atoms with Gasteiger partial charge in [-0.05, 0) is 37.6 Å². The van der Waals surface area contributed by atoms with Crippen molar-refractivity contribution < 1.29 is 18.0 Å². The van der Waals surface area contributed by atoms with E-state index in [1.807, 2.05) is 13.8 Å². The third-order valence-corrected chi connectivity index (χ3v) is 2.46. The second-order valence-corrected chi connectivity index (χ2v) is 3.86. The molecule has 1 atom stereocenters. The number of nitrogens with one attached hydrogen (secondary N) is 1. The van der Waals surface area contributed by atoms with Crippen LogP contribution in [0.3, 0.4) is 0 Å². The predicted molar refractivity (Wildman–Crippen MR) is 58.7 cm³/mol. The van der Waals surface area contributed by atoms with E-state index in [1.54, 1.807) is 0 Å². The highest BCUT2D eigenvalue weighted by atomic mass is 19.4. The Bertz CT molecular complexity index is 384. The van der Waals surface area contributed by atoms with Crippen molar-refractivity contribution in [3.8, 4) is 0 Å². The second kappa shape index (κ2) is 5.21. The maximum absolute atomic E-state index is 12.3. The van der Waals surface area contributed by atoms with Crippen LogP contribution in [0.1, 0.15) is 36.2 Å². The van der Waals surface area contributed by atoms with E-state index in [1.165, 1.54) is 12.1 Å². The van der Waals surface area contributed by atoms with Gasteiger partial charge in [0.2, 0.25) is 0 Å². The summed E-state index contributed by atoms with van der Waals surface area (Å²) >= 11 is 0. The van der Waals surface area contributed by atoms with Crippen LogP contribution in [-0.2, 0) is 6.18 Å². The summed E-state index contributed by atoms with van der Waals surface area (Å²) in [6.07, 6.45) is -3.60. The van der Waals surface area contributed by atoms with Crippen molar-refractivity contribution in [2.75, 3.05) is 0 Å². The molecule has 1 amide bonds. The number of benzene rings is 1. The monoisotopic (exact) mass is 245 g/mol. The molecular formula is C12H14F3NO. The van der Waals surface area contributed by atoms with Gasteiger partial charge in [0, 0.05) is 11.6 Å². The summed E-state index contributed by atoms with van der Waals surface area (Å²) in [6.45, 7) is 3.75. The van der Waals surface area contributed by atoms with Crippen LogP contribution < -0.4 is 5.32 Å². The van der Waals surface area contributed by atoms with E-state index < -0.39 is 11.7 Å². The summed E-state index contributed by atoms with van der Waals surface area (Å²) in [5.74, 6) is -0.354. The van der Waals surface area contributed by atoms with Crippen LogP contribution in [0.15, 0.2) is 24.3 Å². The van der Waals surface area contributed by atoms with E-state index in [4.69, 9.17) is 0 Å². The number of rotatable bonds is 3. The molecule has 0 aliphatic carbocycles. The highest BCUT2D eigenvalue weighted by Crippen LogP contribution is 2.29. The molecule has 0 aliphatic heterocycles. The molecule has 0 heterocycles. The Hall–Kier alpha value is -1.52. The van der Waals surface area contributed by atoms with Gasteiger partial charge in [0.05, 0.1) is 5.56 Å². The van der Waals surface area contributed by atoms with Crippen LogP contribution in [0.2, 0.25) is 0 Å². The average molecular weight is 245 g/mol. The van der Waals surface area contributed by atoms with Crippen molar-refractivity contribution in [1.29, 1.82) is 0 Å². The van der Waals surface area contributed by atoms with Gasteiger partial charge in [0.25, 0.3) is 5.91 Å². The molecule has 0 spiro atoms. The minimum atomic E-state index is -4.37. The van der Waals surface area contributed by atoms with Crippen molar-refractivity contribution in [3.63, 3.8) is 0 Å². The molecule has 0 fully saturated rings. The van der Waals surface area contributed by atoms with Gasteiger partial charge in [-0.25, -0.2) is 0 Å². The summed E-state index contributed by atoms with van der Waals surface area (Å²) in [5, 5.41) is 2.68. The first-order valence-electron chi connectivity index (χ1n) is 5.32. The lowest BCUT2D eigenvalue weighted by Crippen LogP contribution is -2.31. The zero-order valence-corrected chi connectivity index (χ0v) is 9.64. The average Bonchev–Trinajstić information content (AvgIpc) is 2.27. The van der Waals surface area contributed by atoms with Gasteiger partial charge < -0.3 is 5.32 Å². The molecule has 0 saturated heterocycles. The zero-order valence-electron chi connectivity index (χ0n) is 9.64.